The number of hydrogen-bond donors (Lipinski definition) is 3. The Morgan fingerprint density at radius 1 is 1.14 bits per heavy atom. The molecule has 0 bridgehead atoms. The van der Waals surface area contributed by atoms with Crippen molar-refractivity contribution in [2.75, 3.05) is 38.0 Å². The molecule has 2 aliphatic heterocycles. The summed E-state index contributed by atoms with van der Waals surface area (Å²) in [7, 11) is 0. The van der Waals surface area contributed by atoms with Gasteiger partial charge in [-0.3, -0.25) is 9.69 Å². The Balaban J connectivity index is 1.18. The first kappa shape index (κ1) is 23.7. The highest BCUT2D eigenvalue weighted by Gasteiger charge is 2.35. The minimum absolute atomic E-state index is 0.267. The number of carbonyl (C=O) groups is 1. The third kappa shape index (κ3) is 4.83. The maximum absolute atomic E-state index is 12.7. The van der Waals surface area contributed by atoms with Crippen molar-refractivity contribution in [2.45, 2.75) is 38.8 Å². The number of fused-ring (bicyclic) bond motifs is 1. The van der Waals surface area contributed by atoms with Crippen molar-refractivity contribution < 1.29 is 4.79 Å². The highest BCUT2D eigenvalue weighted by Crippen LogP contribution is 2.29. The van der Waals surface area contributed by atoms with Gasteiger partial charge in [0.05, 0.1) is 16.7 Å². The number of carbonyl (C=O) groups excluding carboxylic acids is 1. The number of allylic oxidation sites excluding steroid dienone is 2. The van der Waals surface area contributed by atoms with Crippen LogP contribution in [0, 0.1) is 19.8 Å². The summed E-state index contributed by atoms with van der Waals surface area (Å²) in [6.07, 6.45) is 13.3. The van der Waals surface area contributed by atoms with E-state index in [1.165, 1.54) is 6.42 Å². The van der Waals surface area contributed by atoms with Crippen LogP contribution in [-0.2, 0) is 4.79 Å². The van der Waals surface area contributed by atoms with Gasteiger partial charge in [0.1, 0.15) is 11.5 Å². The summed E-state index contributed by atoms with van der Waals surface area (Å²) in [5.41, 5.74) is 4.35. The van der Waals surface area contributed by atoms with E-state index in [0.29, 0.717) is 11.9 Å². The molecular formula is C28H34N8O. The molecule has 2 aromatic heterocycles. The van der Waals surface area contributed by atoms with E-state index in [9.17, 15) is 4.79 Å². The van der Waals surface area contributed by atoms with E-state index in [4.69, 9.17) is 4.98 Å². The number of H-pyrrole nitrogens is 1. The summed E-state index contributed by atoms with van der Waals surface area (Å²) in [5, 5.41) is 7.13. The zero-order valence-electron chi connectivity index (χ0n) is 21.5. The van der Waals surface area contributed by atoms with Crippen molar-refractivity contribution >= 4 is 22.9 Å². The first-order valence-electron chi connectivity index (χ1n) is 13.2. The van der Waals surface area contributed by atoms with Crippen molar-refractivity contribution in [1.82, 2.24) is 35.1 Å². The van der Waals surface area contributed by atoms with Crippen molar-refractivity contribution in [3.05, 3.63) is 60.2 Å². The van der Waals surface area contributed by atoms with Gasteiger partial charge in [-0.05, 0) is 62.7 Å². The first-order valence-corrected chi connectivity index (χ1v) is 13.2. The summed E-state index contributed by atoms with van der Waals surface area (Å²) >= 11 is 0. The third-order valence-corrected chi connectivity index (χ3v) is 7.73. The Kier molecular flexibility index (Phi) is 6.16. The lowest BCUT2D eigenvalue weighted by Gasteiger charge is -2.42. The lowest BCUT2D eigenvalue weighted by molar-refractivity contribution is -0.140. The molecule has 9 heteroatoms. The molecule has 192 valence electrons. The lowest BCUT2D eigenvalue weighted by atomic mass is 9.84. The van der Waals surface area contributed by atoms with Crippen LogP contribution in [0.4, 0.5) is 5.95 Å². The van der Waals surface area contributed by atoms with Gasteiger partial charge in [-0.2, -0.15) is 0 Å². The summed E-state index contributed by atoms with van der Waals surface area (Å²) in [6, 6.07) is 6.18. The van der Waals surface area contributed by atoms with Crippen LogP contribution in [0.15, 0.2) is 48.8 Å². The molecule has 1 aromatic carbocycles. The number of dihydropyridines is 1. The zero-order chi connectivity index (χ0) is 25.4. The first-order chi connectivity index (χ1) is 18.0. The van der Waals surface area contributed by atoms with Gasteiger partial charge < -0.3 is 20.5 Å². The Morgan fingerprint density at radius 2 is 1.97 bits per heavy atom. The Labute approximate surface area is 217 Å². The van der Waals surface area contributed by atoms with Gasteiger partial charge in [-0.25, -0.2) is 15.0 Å². The molecule has 1 saturated carbocycles. The molecule has 9 nitrogen and oxygen atoms in total. The van der Waals surface area contributed by atoms with Gasteiger partial charge in [0.2, 0.25) is 11.9 Å². The third-order valence-electron chi connectivity index (χ3n) is 7.73. The topological polar surface area (TPSA) is 102 Å². The van der Waals surface area contributed by atoms with Gasteiger partial charge in [-0.15, -0.1) is 0 Å². The molecule has 2 fully saturated rings. The fraction of sp³-hybridized carbons (Fsp3) is 0.429. The summed E-state index contributed by atoms with van der Waals surface area (Å²) in [6.45, 7) is 8.00. The number of piperazine rings is 1. The average molecular weight is 499 g/mol. The molecule has 3 aromatic rings. The number of aromatic amines is 1. The molecular weight excluding hydrogens is 464 g/mol. The summed E-state index contributed by atoms with van der Waals surface area (Å²) < 4.78 is 0. The average Bonchev–Trinajstić information content (AvgIpc) is 3.26. The maximum Gasteiger partial charge on any atom is 0.225 e. The molecule has 1 unspecified atom stereocenters. The number of aromatic nitrogens is 4. The highest BCUT2D eigenvalue weighted by atomic mass is 16.2. The van der Waals surface area contributed by atoms with E-state index in [1.807, 2.05) is 38.4 Å². The van der Waals surface area contributed by atoms with Crippen molar-refractivity contribution in [3.63, 3.8) is 0 Å². The van der Waals surface area contributed by atoms with Gasteiger partial charge >= 0.3 is 0 Å². The largest absolute Gasteiger partial charge is 0.365 e. The van der Waals surface area contributed by atoms with Crippen molar-refractivity contribution in [1.29, 1.82) is 0 Å². The number of benzene rings is 1. The van der Waals surface area contributed by atoms with Crippen LogP contribution in [0.25, 0.3) is 22.3 Å². The van der Waals surface area contributed by atoms with Crippen molar-refractivity contribution in [2.24, 2.45) is 5.92 Å². The van der Waals surface area contributed by atoms with Crippen LogP contribution in [-0.4, -0.2) is 74.0 Å². The quantitative estimate of drug-likeness (QED) is 0.479. The highest BCUT2D eigenvalue weighted by molar-refractivity contribution is 5.83. The molecule has 37 heavy (non-hydrogen) atoms. The Morgan fingerprint density at radius 3 is 2.70 bits per heavy atom. The fourth-order valence-electron chi connectivity index (χ4n) is 5.38. The minimum Gasteiger partial charge on any atom is -0.365 e. The second-order valence-electron chi connectivity index (χ2n) is 10.5. The monoisotopic (exact) mass is 498 g/mol. The number of nitrogens with zero attached hydrogens (tertiary/aromatic N) is 5. The van der Waals surface area contributed by atoms with Gasteiger partial charge in [0.25, 0.3) is 0 Å². The molecule has 3 N–H and O–H groups in total. The van der Waals surface area contributed by atoms with E-state index < -0.39 is 5.66 Å². The van der Waals surface area contributed by atoms with Crippen LogP contribution in [0.1, 0.15) is 30.7 Å². The molecule has 1 atom stereocenters. The molecule has 1 saturated heterocycles. The number of nitrogens with one attached hydrogen (secondary N) is 3. The van der Waals surface area contributed by atoms with Gasteiger partial charge in [-0.1, -0.05) is 18.6 Å². The standard InChI is InChI=1S/C28H34N8O/c1-19-17-29-20(2)31-25(19)22-8-9-23-24(16-22)33-27(32-23)34-28(10-3-4-11-30-28)18-35-12-14-36(15-13-35)26(37)21-6-5-7-21/h3-4,8-11,16-17,21,30H,5-7,12-15,18H2,1-2H3,(H2,32,33,34). The maximum atomic E-state index is 12.7. The van der Waals surface area contributed by atoms with Crippen LogP contribution in [0.3, 0.4) is 0 Å². The van der Waals surface area contributed by atoms with Crippen LogP contribution < -0.4 is 10.6 Å². The van der Waals surface area contributed by atoms with Crippen LogP contribution in [0.2, 0.25) is 0 Å². The van der Waals surface area contributed by atoms with E-state index in [1.54, 1.807) is 0 Å². The fourth-order valence-corrected chi connectivity index (χ4v) is 5.38. The van der Waals surface area contributed by atoms with Gasteiger partial charge in [0.15, 0.2) is 0 Å². The molecule has 0 radical (unpaired) electrons. The molecule has 6 rings (SSSR count). The Hall–Kier alpha value is -3.72. The number of hydrogen-bond acceptors (Lipinski definition) is 7. The van der Waals surface area contributed by atoms with Crippen LogP contribution in [0.5, 0.6) is 0 Å². The Bertz CT molecular complexity index is 1370. The predicted octanol–water partition coefficient (Wildman–Crippen LogP) is 3.36. The SMILES string of the molecule is Cc1ncc(C)c(-c2ccc3nc(NC4(CN5CCN(C(=O)C6CCC6)CC5)C=CC=CN4)[nH]c3c2)n1. The smallest absolute Gasteiger partial charge is 0.225 e. The lowest BCUT2D eigenvalue weighted by Crippen LogP contribution is -2.60. The summed E-state index contributed by atoms with van der Waals surface area (Å²) in [4.78, 5) is 34.3. The molecule has 1 amide bonds. The number of rotatable bonds is 6. The normalized spacial score (nSPS) is 22.2. The van der Waals surface area contributed by atoms with E-state index in [0.717, 1.165) is 79.2 Å². The minimum atomic E-state index is -0.508. The number of aryl methyl sites for hydroxylation is 2. The second kappa shape index (κ2) is 9.63. The molecule has 4 heterocycles. The van der Waals surface area contributed by atoms with Gasteiger partial charge in [0, 0.05) is 50.4 Å². The molecule has 1 aliphatic carbocycles. The zero-order valence-corrected chi connectivity index (χ0v) is 21.5. The molecule has 0 spiro atoms. The number of anilines is 1. The number of imidazole rings is 1. The van der Waals surface area contributed by atoms with E-state index in [-0.39, 0.29) is 5.92 Å². The number of amides is 1. The summed E-state index contributed by atoms with van der Waals surface area (Å²) in [5.74, 6) is 2.08. The van der Waals surface area contributed by atoms with E-state index in [2.05, 4.69) is 59.7 Å². The van der Waals surface area contributed by atoms with Crippen molar-refractivity contribution in [3.8, 4) is 11.3 Å². The van der Waals surface area contributed by atoms with Crippen LogP contribution >= 0.6 is 0 Å². The second-order valence-corrected chi connectivity index (χ2v) is 10.5. The molecule has 3 aliphatic rings. The predicted molar refractivity (Wildman–Crippen MR) is 145 cm³/mol. The van der Waals surface area contributed by atoms with E-state index >= 15 is 0 Å².